The number of fused-ring (bicyclic) bond motifs is 3. The second kappa shape index (κ2) is 13.1. The maximum atomic E-state index is 10.1. The lowest BCUT2D eigenvalue weighted by Gasteiger charge is -2.28. The molecule has 0 radical (unpaired) electrons. The van der Waals surface area contributed by atoms with Crippen molar-refractivity contribution in [3.05, 3.63) is 167 Å². The maximum Gasteiger partial charge on any atom is 0.101 e. The number of benzene rings is 5. The van der Waals surface area contributed by atoms with Gasteiger partial charge in [0.15, 0.2) is 0 Å². The highest BCUT2D eigenvalue weighted by atomic mass is 15.0. The molecule has 0 fully saturated rings. The highest BCUT2D eigenvalue weighted by Crippen LogP contribution is 2.41. The fraction of sp³-hybridized carbons (Fsp3) is 0.0889. The summed E-state index contributed by atoms with van der Waals surface area (Å²) in [6.07, 6.45) is 12.7. The van der Waals surface area contributed by atoms with Crippen LogP contribution in [0.1, 0.15) is 40.7 Å². The number of aromatic nitrogens is 1. The molecule has 1 aliphatic carbocycles. The summed E-state index contributed by atoms with van der Waals surface area (Å²) in [6.45, 7) is 2.10. The van der Waals surface area contributed by atoms with Crippen LogP contribution in [0.4, 0.5) is 11.4 Å². The predicted octanol–water partition coefficient (Wildman–Crippen LogP) is 10.3. The Hall–Kier alpha value is -7.07. The first-order valence-electron chi connectivity index (χ1n) is 17.0. The van der Waals surface area contributed by atoms with Gasteiger partial charge >= 0.3 is 0 Å². The van der Waals surface area contributed by atoms with Crippen LogP contribution in [0.15, 0.2) is 139 Å². The summed E-state index contributed by atoms with van der Waals surface area (Å²) < 4.78 is 2.23. The second-order valence-corrected chi connectivity index (χ2v) is 12.8. The zero-order valence-corrected chi connectivity index (χ0v) is 28.0. The Morgan fingerprint density at radius 3 is 2.20 bits per heavy atom. The predicted molar refractivity (Wildman–Crippen MR) is 206 cm³/mol. The summed E-state index contributed by atoms with van der Waals surface area (Å²) in [6, 6.07) is 40.9. The largest absolute Gasteiger partial charge is 0.379 e. The molecule has 5 aromatic carbocycles. The molecule has 0 spiro atoms. The highest BCUT2D eigenvalue weighted by Gasteiger charge is 2.25. The van der Waals surface area contributed by atoms with Gasteiger partial charge in [-0.3, -0.25) is 0 Å². The molecule has 51 heavy (non-hydrogen) atoms. The van der Waals surface area contributed by atoms with E-state index in [1.54, 1.807) is 6.07 Å². The van der Waals surface area contributed by atoms with Crippen molar-refractivity contribution in [2.24, 2.45) is 0 Å². The van der Waals surface area contributed by atoms with Crippen molar-refractivity contribution >= 4 is 44.5 Å². The van der Waals surface area contributed by atoms with Crippen LogP contribution in [0.5, 0.6) is 0 Å². The van der Waals surface area contributed by atoms with E-state index in [-0.39, 0.29) is 6.04 Å². The van der Waals surface area contributed by atoms with E-state index >= 15 is 0 Å². The van der Waals surface area contributed by atoms with Gasteiger partial charge in [0.25, 0.3) is 0 Å². The van der Waals surface area contributed by atoms with Crippen molar-refractivity contribution in [2.45, 2.75) is 25.8 Å². The Bertz CT molecular complexity index is 2640. The summed E-state index contributed by atoms with van der Waals surface area (Å²) in [5.41, 5.74) is 12.4. The second-order valence-electron chi connectivity index (χ2n) is 12.8. The Morgan fingerprint density at radius 2 is 1.41 bits per heavy atom. The number of aryl methyl sites for hydroxylation is 1. The Balaban J connectivity index is 1.17. The minimum Gasteiger partial charge on any atom is -0.379 e. The number of nitrogens with zero attached hydrogens (tertiary/aromatic N) is 4. The number of allylic oxidation sites excluding steroid dienone is 4. The molecule has 6 heteroatoms. The molecule has 1 unspecified atom stereocenters. The van der Waals surface area contributed by atoms with Crippen LogP contribution in [0.3, 0.4) is 0 Å². The third-order valence-corrected chi connectivity index (χ3v) is 9.78. The first kappa shape index (κ1) is 31.2. The summed E-state index contributed by atoms with van der Waals surface area (Å²) in [5.74, 6) is 0. The van der Waals surface area contributed by atoms with E-state index < -0.39 is 0 Å². The average molecular weight is 657 g/mol. The zero-order chi connectivity index (χ0) is 34.9. The number of para-hydroxylation sites is 2. The van der Waals surface area contributed by atoms with Gasteiger partial charge in [0.1, 0.15) is 12.1 Å². The molecule has 0 saturated heterocycles. The third-order valence-electron chi connectivity index (χ3n) is 9.78. The zero-order valence-electron chi connectivity index (χ0n) is 28.0. The lowest BCUT2D eigenvalue weighted by Crippen LogP contribution is -2.28. The van der Waals surface area contributed by atoms with Crippen molar-refractivity contribution in [3.8, 4) is 29.3 Å². The number of hydrogen-bond donors (Lipinski definition) is 2. The fourth-order valence-electron chi connectivity index (χ4n) is 7.34. The van der Waals surface area contributed by atoms with Gasteiger partial charge in [0.2, 0.25) is 0 Å². The Labute approximate surface area is 296 Å². The van der Waals surface area contributed by atoms with Crippen LogP contribution in [0, 0.1) is 40.9 Å². The standard InChI is InChI=1S/C45H32N6/c1-29-10-2-3-11-34(29)36-13-6-8-16-42(36)50-43-24-32(27-48)31(26-47)23-39(43)35-12-4-5-14-37(35)41-20-19-33(28-49-41)51-44-17-9-7-15-38(44)40-22-30(25-46)18-21-45(40)51/h2-3,6-24,28,41,49-50H,4-5H2,1H3. The summed E-state index contributed by atoms with van der Waals surface area (Å²) in [4.78, 5) is 0. The molecule has 2 aliphatic rings. The summed E-state index contributed by atoms with van der Waals surface area (Å²) >= 11 is 0. The van der Waals surface area contributed by atoms with Crippen LogP contribution in [-0.4, -0.2) is 10.6 Å². The van der Waals surface area contributed by atoms with E-state index in [0.29, 0.717) is 16.7 Å². The summed E-state index contributed by atoms with van der Waals surface area (Å²) in [7, 11) is 0. The van der Waals surface area contributed by atoms with Gasteiger partial charge in [-0.25, -0.2) is 0 Å². The minimum absolute atomic E-state index is 0.119. The molecule has 2 heterocycles. The van der Waals surface area contributed by atoms with Gasteiger partial charge < -0.3 is 15.2 Å². The monoisotopic (exact) mass is 656 g/mol. The molecule has 1 atom stereocenters. The van der Waals surface area contributed by atoms with Gasteiger partial charge in [-0.15, -0.1) is 0 Å². The van der Waals surface area contributed by atoms with E-state index in [1.807, 2.05) is 60.7 Å². The molecule has 1 aliphatic heterocycles. The van der Waals surface area contributed by atoms with E-state index in [1.165, 1.54) is 5.56 Å². The van der Waals surface area contributed by atoms with Gasteiger partial charge in [-0.1, -0.05) is 78.9 Å². The lowest BCUT2D eigenvalue weighted by molar-refractivity contribution is 0.789. The molecule has 0 saturated carbocycles. The van der Waals surface area contributed by atoms with Crippen molar-refractivity contribution < 1.29 is 0 Å². The molecule has 6 aromatic rings. The average Bonchev–Trinajstić information content (AvgIpc) is 3.52. The Morgan fingerprint density at radius 1 is 0.686 bits per heavy atom. The van der Waals surface area contributed by atoms with Gasteiger partial charge in [-0.05, 0) is 90.6 Å². The molecule has 6 nitrogen and oxygen atoms in total. The molecular weight excluding hydrogens is 625 g/mol. The van der Waals surface area contributed by atoms with Crippen molar-refractivity contribution in [2.75, 3.05) is 5.32 Å². The van der Waals surface area contributed by atoms with E-state index in [4.69, 9.17) is 0 Å². The number of hydrogen-bond acceptors (Lipinski definition) is 5. The molecular formula is C45H32N6. The molecule has 2 N–H and O–H groups in total. The number of dihydropyridines is 1. The normalized spacial score (nSPS) is 15.2. The van der Waals surface area contributed by atoms with Crippen LogP contribution >= 0.6 is 0 Å². The van der Waals surface area contributed by atoms with Gasteiger partial charge in [0.05, 0.1) is 45.5 Å². The SMILES string of the molecule is Cc1ccccc1-c1ccccc1Nc1cc(C#N)c(C#N)cc1C1=CCCC=C1C1C=CC(n2c3ccccc3c3cc(C#N)ccc32)=CN1. The molecule has 242 valence electrons. The fourth-order valence-corrected chi connectivity index (χ4v) is 7.34. The molecule has 8 rings (SSSR count). The lowest BCUT2D eigenvalue weighted by atomic mass is 9.84. The van der Waals surface area contributed by atoms with Crippen molar-refractivity contribution in [1.29, 1.82) is 15.8 Å². The van der Waals surface area contributed by atoms with Crippen LogP contribution in [0.25, 0.3) is 44.2 Å². The molecule has 0 amide bonds. The topological polar surface area (TPSA) is 100 Å². The van der Waals surface area contributed by atoms with Crippen LogP contribution in [-0.2, 0) is 0 Å². The molecule has 1 aromatic heterocycles. The van der Waals surface area contributed by atoms with E-state index in [2.05, 4.69) is 107 Å². The minimum atomic E-state index is -0.119. The number of nitriles is 3. The van der Waals surface area contributed by atoms with Crippen molar-refractivity contribution in [3.63, 3.8) is 0 Å². The first-order valence-corrected chi connectivity index (χ1v) is 17.0. The Kier molecular flexibility index (Phi) is 8.01. The van der Waals surface area contributed by atoms with E-state index in [0.717, 1.165) is 79.6 Å². The van der Waals surface area contributed by atoms with Gasteiger partial charge in [-0.2, -0.15) is 15.8 Å². The number of rotatable bonds is 6. The van der Waals surface area contributed by atoms with E-state index in [9.17, 15) is 15.8 Å². The van der Waals surface area contributed by atoms with Crippen LogP contribution in [0.2, 0.25) is 0 Å². The van der Waals surface area contributed by atoms with Gasteiger partial charge in [0, 0.05) is 39.5 Å². The molecule has 0 bridgehead atoms. The highest BCUT2D eigenvalue weighted by molar-refractivity contribution is 6.11. The smallest absolute Gasteiger partial charge is 0.101 e. The quantitative estimate of drug-likeness (QED) is 0.186. The maximum absolute atomic E-state index is 10.1. The number of anilines is 2. The van der Waals surface area contributed by atoms with Crippen LogP contribution < -0.4 is 10.6 Å². The number of nitrogens with one attached hydrogen (secondary N) is 2. The first-order chi connectivity index (χ1) is 25.1. The third kappa shape index (κ3) is 5.54. The summed E-state index contributed by atoms with van der Waals surface area (Å²) in [5, 5.41) is 39.2. The van der Waals surface area contributed by atoms with Crippen molar-refractivity contribution in [1.82, 2.24) is 9.88 Å².